The standard InChI is InChI=1S/C22H17BrFN7O3/c1-13(34-20-5-16(23)10-26-22(20)31(32)33)19-6-17(24)3-4-18(19)21-15(9-27-29(21)2)12-30-11-14(7-25)8-28-30/h3-6,8-11,13H,12H2,1-2H3. The molecular formula is C22H17BrFN7O3. The fourth-order valence-electron chi connectivity index (χ4n) is 3.61. The first-order valence-corrected chi connectivity index (χ1v) is 10.8. The molecule has 1 atom stereocenters. The molecule has 3 aromatic heterocycles. The van der Waals surface area contributed by atoms with Crippen molar-refractivity contribution in [3.8, 4) is 23.1 Å². The number of benzene rings is 1. The third-order valence-electron chi connectivity index (χ3n) is 5.09. The van der Waals surface area contributed by atoms with Crippen molar-refractivity contribution in [1.29, 1.82) is 5.26 Å². The molecule has 0 spiro atoms. The second-order valence-corrected chi connectivity index (χ2v) is 8.32. The molecule has 172 valence electrons. The van der Waals surface area contributed by atoms with E-state index < -0.39 is 22.7 Å². The molecule has 0 fully saturated rings. The molecule has 1 aromatic carbocycles. The molecule has 34 heavy (non-hydrogen) atoms. The summed E-state index contributed by atoms with van der Waals surface area (Å²) in [6.07, 6.45) is 5.29. The SMILES string of the molecule is CC(Oc1cc(Br)cnc1[N+](=O)[O-])c1cc(F)ccc1-c1c(Cn2cc(C#N)cn2)cnn1C. The second kappa shape index (κ2) is 9.40. The van der Waals surface area contributed by atoms with E-state index in [0.29, 0.717) is 33.4 Å². The molecule has 4 aromatic rings. The Morgan fingerprint density at radius 1 is 1.29 bits per heavy atom. The highest BCUT2D eigenvalue weighted by Crippen LogP contribution is 2.36. The highest BCUT2D eigenvalue weighted by Gasteiger charge is 2.24. The van der Waals surface area contributed by atoms with E-state index in [2.05, 4.69) is 31.1 Å². The van der Waals surface area contributed by atoms with Gasteiger partial charge in [0.1, 0.15) is 18.0 Å². The molecule has 4 rings (SSSR count). The maximum absolute atomic E-state index is 14.3. The van der Waals surface area contributed by atoms with E-state index >= 15 is 0 Å². The van der Waals surface area contributed by atoms with Gasteiger partial charge in [0.15, 0.2) is 6.20 Å². The molecule has 0 aliphatic heterocycles. The van der Waals surface area contributed by atoms with Crippen LogP contribution < -0.4 is 4.74 Å². The lowest BCUT2D eigenvalue weighted by Gasteiger charge is -2.19. The summed E-state index contributed by atoms with van der Waals surface area (Å²) in [4.78, 5) is 14.6. The average Bonchev–Trinajstić information content (AvgIpc) is 3.40. The Labute approximate surface area is 201 Å². The van der Waals surface area contributed by atoms with Crippen LogP contribution in [0.5, 0.6) is 5.75 Å². The number of hydrogen-bond donors (Lipinski definition) is 0. The van der Waals surface area contributed by atoms with Gasteiger partial charge in [-0.1, -0.05) is 0 Å². The third kappa shape index (κ3) is 4.65. The minimum Gasteiger partial charge on any atom is -0.478 e. The fraction of sp³-hybridized carbons (Fsp3) is 0.182. The van der Waals surface area contributed by atoms with Crippen molar-refractivity contribution in [3.05, 3.63) is 86.1 Å². The normalized spacial score (nSPS) is 11.7. The number of nitrogens with zero attached hydrogens (tertiary/aromatic N) is 7. The third-order valence-corrected chi connectivity index (χ3v) is 5.53. The van der Waals surface area contributed by atoms with Crippen molar-refractivity contribution >= 4 is 21.7 Å². The quantitative estimate of drug-likeness (QED) is 0.256. The van der Waals surface area contributed by atoms with E-state index in [4.69, 9.17) is 10.00 Å². The first kappa shape index (κ1) is 23.1. The molecular weight excluding hydrogens is 509 g/mol. The van der Waals surface area contributed by atoms with E-state index in [1.165, 1.54) is 30.6 Å². The summed E-state index contributed by atoms with van der Waals surface area (Å²) < 4.78 is 24.0. The molecule has 10 nitrogen and oxygen atoms in total. The summed E-state index contributed by atoms with van der Waals surface area (Å²) in [5.74, 6) is -0.973. The molecule has 0 saturated carbocycles. The number of hydrogen-bond acceptors (Lipinski definition) is 7. The lowest BCUT2D eigenvalue weighted by Crippen LogP contribution is -2.10. The van der Waals surface area contributed by atoms with Crippen LogP contribution in [0.1, 0.15) is 29.7 Å². The Kier molecular flexibility index (Phi) is 6.38. The van der Waals surface area contributed by atoms with Crippen molar-refractivity contribution in [1.82, 2.24) is 24.5 Å². The minimum absolute atomic E-state index is 0.0483. The topological polar surface area (TPSA) is 125 Å². The van der Waals surface area contributed by atoms with Crippen LogP contribution in [0.3, 0.4) is 0 Å². The zero-order valence-electron chi connectivity index (χ0n) is 18.0. The van der Waals surface area contributed by atoms with Gasteiger partial charge in [0.05, 0.1) is 34.7 Å². The van der Waals surface area contributed by atoms with Crippen molar-refractivity contribution in [3.63, 3.8) is 0 Å². The van der Waals surface area contributed by atoms with Gasteiger partial charge in [-0.3, -0.25) is 9.36 Å². The predicted molar refractivity (Wildman–Crippen MR) is 122 cm³/mol. The van der Waals surface area contributed by atoms with Crippen LogP contribution in [0.4, 0.5) is 10.2 Å². The van der Waals surface area contributed by atoms with Gasteiger partial charge in [0.2, 0.25) is 5.75 Å². The van der Waals surface area contributed by atoms with E-state index in [9.17, 15) is 14.5 Å². The summed E-state index contributed by atoms with van der Waals surface area (Å²) in [7, 11) is 1.75. The summed E-state index contributed by atoms with van der Waals surface area (Å²) >= 11 is 3.24. The monoisotopic (exact) mass is 525 g/mol. The molecule has 0 aliphatic rings. The maximum Gasteiger partial charge on any atom is 0.406 e. The fourth-order valence-corrected chi connectivity index (χ4v) is 3.92. The van der Waals surface area contributed by atoms with Crippen molar-refractivity contribution < 1.29 is 14.1 Å². The van der Waals surface area contributed by atoms with Crippen LogP contribution >= 0.6 is 15.9 Å². The van der Waals surface area contributed by atoms with Crippen LogP contribution in [-0.4, -0.2) is 29.5 Å². The number of nitro groups is 1. The van der Waals surface area contributed by atoms with Crippen molar-refractivity contribution in [2.75, 3.05) is 0 Å². The summed E-state index contributed by atoms with van der Waals surface area (Å²) in [6.45, 7) is 2.00. The zero-order valence-corrected chi connectivity index (χ0v) is 19.6. The Bertz CT molecular complexity index is 1430. The van der Waals surface area contributed by atoms with Crippen molar-refractivity contribution in [2.24, 2.45) is 7.05 Å². The van der Waals surface area contributed by atoms with Gasteiger partial charge in [-0.05, 0) is 51.0 Å². The molecule has 0 bridgehead atoms. The summed E-state index contributed by atoms with van der Waals surface area (Å²) in [5.41, 5.74) is 3.02. The first-order valence-electron chi connectivity index (χ1n) is 9.96. The largest absolute Gasteiger partial charge is 0.478 e. The number of pyridine rings is 1. The molecule has 3 heterocycles. The number of rotatable bonds is 7. The van der Waals surface area contributed by atoms with Crippen molar-refractivity contribution in [2.45, 2.75) is 19.6 Å². The number of aromatic nitrogens is 5. The van der Waals surface area contributed by atoms with Crippen LogP contribution in [0.2, 0.25) is 0 Å². The van der Waals surface area contributed by atoms with E-state index in [-0.39, 0.29) is 5.75 Å². The molecule has 0 aliphatic carbocycles. The molecule has 12 heteroatoms. The molecule has 0 amide bonds. The highest BCUT2D eigenvalue weighted by molar-refractivity contribution is 9.10. The smallest absolute Gasteiger partial charge is 0.406 e. The lowest BCUT2D eigenvalue weighted by atomic mass is 9.98. The molecule has 0 N–H and O–H groups in total. The first-order chi connectivity index (χ1) is 16.3. The number of aryl methyl sites for hydroxylation is 1. The van der Waals surface area contributed by atoms with Gasteiger partial charge in [-0.25, -0.2) is 4.39 Å². The number of halogens is 2. The van der Waals surface area contributed by atoms with Crippen LogP contribution in [0.15, 0.2) is 53.5 Å². The number of nitriles is 1. The lowest BCUT2D eigenvalue weighted by molar-refractivity contribution is -0.390. The van der Waals surface area contributed by atoms with Crippen LogP contribution in [-0.2, 0) is 13.6 Å². The van der Waals surface area contributed by atoms with Gasteiger partial charge >= 0.3 is 5.82 Å². The van der Waals surface area contributed by atoms with Crippen LogP contribution in [0.25, 0.3) is 11.3 Å². The second-order valence-electron chi connectivity index (χ2n) is 7.40. The van der Waals surface area contributed by atoms with E-state index in [1.807, 2.05) is 6.07 Å². The van der Waals surface area contributed by atoms with Gasteiger partial charge in [0, 0.05) is 36.0 Å². The zero-order chi connectivity index (χ0) is 24.4. The van der Waals surface area contributed by atoms with Gasteiger partial charge in [-0.15, -0.1) is 0 Å². The Balaban J connectivity index is 1.74. The Morgan fingerprint density at radius 2 is 2.09 bits per heavy atom. The Morgan fingerprint density at radius 3 is 2.79 bits per heavy atom. The molecule has 0 saturated heterocycles. The predicted octanol–water partition coefficient (Wildman–Crippen LogP) is 4.55. The highest BCUT2D eigenvalue weighted by atomic mass is 79.9. The Hall–Kier alpha value is -4.11. The average molecular weight is 526 g/mol. The van der Waals surface area contributed by atoms with Gasteiger partial charge in [0.25, 0.3) is 0 Å². The summed E-state index contributed by atoms with van der Waals surface area (Å²) in [6, 6.07) is 7.75. The van der Waals surface area contributed by atoms with Crippen LogP contribution in [0, 0.1) is 27.3 Å². The van der Waals surface area contributed by atoms with E-state index in [0.717, 1.165) is 5.56 Å². The minimum atomic E-state index is -0.766. The van der Waals surface area contributed by atoms with E-state index in [1.54, 1.807) is 41.8 Å². The van der Waals surface area contributed by atoms with Gasteiger partial charge < -0.3 is 14.9 Å². The molecule has 1 unspecified atom stereocenters. The number of ether oxygens (including phenoxy) is 1. The summed E-state index contributed by atoms with van der Waals surface area (Å²) in [5, 5.41) is 29.0. The van der Waals surface area contributed by atoms with Gasteiger partial charge in [-0.2, -0.15) is 15.5 Å². The molecule has 0 radical (unpaired) electrons. The maximum atomic E-state index is 14.3.